The SMILES string of the molecule is CN(C1CCOCC1)S(=O)(=O)N1CCCCC1C(=O)O. The van der Waals surface area contributed by atoms with Crippen LogP contribution in [0.25, 0.3) is 0 Å². The summed E-state index contributed by atoms with van der Waals surface area (Å²) in [6, 6.07) is -1.04. The highest BCUT2D eigenvalue weighted by Crippen LogP contribution is 2.25. The molecule has 0 aromatic heterocycles. The Bertz CT molecular complexity index is 447. The molecular formula is C12H22N2O5S. The van der Waals surface area contributed by atoms with Gasteiger partial charge in [-0.2, -0.15) is 17.0 Å². The molecule has 0 radical (unpaired) electrons. The molecule has 20 heavy (non-hydrogen) atoms. The van der Waals surface area contributed by atoms with Gasteiger partial charge in [0, 0.05) is 32.8 Å². The number of ether oxygens (including phenoxy) is 1. The molecule has 0 amide bonds. The summed E-state index contributed by atoms with van der Waals surface area (Å²) in [6.45, 7) is 1.38. The zero-order valence-electron chi connectivity index (χ0n) is 11.7. The van der Waals surface area contributed by atoms with Gasteiger partial charge >= 0.3 is 5.97 Å². The van der Waals surface area contributed by atoms with Crippen LogP contribution in [0.15, 0.2) is 0 Å². The fraction of sp³-hybridized carbons (Fsp3) is 0.917. The third kappa shape index (κ3) is 3.13. The predicted molar refractivity (Wildman–Crippen MR) is 72.5 cm³/mol. The third-order valence-corrected chi connectivity index (χ3v) is 6.16. The molecule has 0 aromatic carbocycles. The van der Waals surface area contributed by atoms with Crippen LogP contribution in [0.4, 0.5) is 0 Å². The second-order valence-corrected chi connectivity index (χ2v) is 7.27. The molecule has 0 spiro atoms. The number of aliphatic carboxylic acids is 1. The molecule has 2 aliphatic heterocycles. The van der Waals surface area contributed by atoms with E-state index in [0.29, 0.717) is 38.9 Å². The smallest absolute Gasteiger partial charge is 0.322 e. The van der Waals surface area contributed by atoms with Crippen molar-refractivity contribution in [3.63, 3.8) is 0 Å². The van der Waals surface area contributed by atoms with Crippen LogP contribution in [0.1, 0.15) is 32.1 Å². The van der Waals surface area contributed by atoms with Crippen molar-refractivity contribution in [3.8, 4) is 0 Å². The lowest BCUT2D eigenvalue weighted by atomic mass is 10.1. The average Bonchev–Trinajstić information content (AvgIpc) is 2.47. The van der Waals surface area contributed by atoms with E-state index < -0.39 is 22.2 Å². The maximum Gasteiger partial charge on any atom is 0.322 e. The van der Waals surface area contributed by atoms with Crippen molar-refractivity contribution in [1.82, 2.24) is 8.61 Å². The molecule has 116 valence electrons. The highest BCUT2D eigenvalue weighted by atomic mass is 32.2. The van der Waals surface area contributed by atoms with Crippen molar-refractivity contribution >= 4 is 16.2 Å². The van der Waals surface area contributed by atoms with Gasteiger partial charge in [0.05, 0.1) is 0 Å². The molecule has 2 aliphatic rings. The van der Waals surface area contributed by atoms with Gasteiger partial charge in [0.1, 0.15) is 6.04 Å². The number of hydrogen-bond acceptors (Lipinski definition) is 4. The summed E-state index contributed by atoms with van der Waals surface area (Å²) in [7, 11) is -2.19. The van der Waals surface area contributed by atoms with Crippen LogP contribution in [-0.2, 0) is 19.7 Å². The number of rotatable bonds is 4. The molecule has 2 saturated heterocycles. The van der Waals surface area contributed by atoms with Gasteiger partial charge in [0.15, 0.2) is 0 Å². The topological polar surface area (TPSA) is 87.2 Å². The van der Waals surface area contributed by atoms with Gasteiger partial charge in [-0.15, -0.1) is 0 Å². The number of nitrogens with zero attached hydrogens (tertiary/aromatic N) is 2. The first-order chi connectivity index (χ1) is 9.44. The Morgan fingerprint density at radius 3 is 2.50 bits per heavy atom. The molecular weight excluding hydrogens is 284 g/mol. The molecule has 1 N–H and O–H groups in total. The largest absolute Gasteiger partial charge is 0.480 e. The molecule has 0 aromatic rings. The van der Waals surface area contributed by atoms with E-state index in [1.165, 1.54) is 4.31 Å². The average molecular weight is 306 g/mol. The van der Waals surface area contributed by atoms with Gasteiger partial charge in [-0.3, -0.25) is 4.79 Å². The minimum absolute atomic E-state index is 0.106. The van der Waals surface area contributed by atoms with E-state index in [1.807, 2.05) is 0 Å². The molecule has 8 heteroatoms. The summed E-state index contributed by atoms with van der Waals surface area (Å²) >= 11 is 0. The van der Waals surface area contributed by atoms with Crippen LogP contribution in [0.2, 0.25) is 0 Å². The van der Waals surface area contributed by atoms with Crippen LogP contribution in [-0.4, -0.2) is 67.0 Å². The lowest BCUT2D eigenvalue weighted by Gasteiger charge is -2.38. The van der Waals surface area contributed by atoms with Gasteiger partial charge in [-0.1, -0.05) is 0 Å². The summed E-state index contributed by atoms with van der Waals surface area (Å²) in [4.78, 5) is 11.3. The molecule has 0 saturated carbocycles. The van der Waals surface area contributed by atoms with Crippen molar-refractivity contribution < 1.29 is 23.1 Å². The van der Waals surface area contributed by atoms with Crippen molar-refractivity contribution in [1.29, 1.82) is 0 Å². The number of carboxylic acid groups (broad SMARTS) is 1. The lowest BCUT2D eigenvalue weighted by molar-refractivity contribution is -0.142. The summed E-state index contributed by atoms with van der Waals surface area (Å²) in [5.74, 6) is -1.06. The highest BCUT2D eigenvalue weighted by Gasteiger charge is 2.40. The van der Waals surface area contributed by atoms with E-state index in [2.05, 4.69) is 0 Å². The highest BCUT2D eigenvalue weighted by molar-refractivity contribution is 7.86. The van der Waals surface area contributed by atoms with Crippen LogP contribution >= 0.6 is 0 Å². The fourth-order valence-electron chi connectivity index (χ4n) is 2.83. The Morgan fingerprint density at radius 2 is 1.90 bits per heavy atom. The maximum atomic E-state index is 12.6. The monoisotopic (exact) mass is 306 g/mol. The maximum absolute atomic E-state index is 12.6. The van der Waals surface area contributed by atoms with E-state index in [4.69, 9.17) is 4.74 Å². The molecule has 2 fully saturated rings. The standard InChI is InChI=1S/C12H22N2O5S/c1-13(10-5-8-19-9-6-10)20(17,18)14-7-3-2-4-11(14)12(15)16/h10-11H,2-9H2,1H3,(H,15,16). The lowest BCUT2D eigenvalue weighted by Crippen LogP contribution is -2.55. The van der Waals surface area contributed by atoms with Crippen LogP contribution < -0.4 is 0 Å². The second kappa shape index (κ2) is 6.38. The minimum Gasteiger partial charge on any atom is -0.480 e. The van der Waals surface area contributed by atoms with E-state index in [1.54, 1.807) is 7.05 Å². The summed E-state index contributed by atoms with van der Waals surface area (Å²) in [5.41, 5.74) is 0. The van der Waals surface area contributed by atoms with Gasteiger partial charge < -0.3 is 9.84 Å². The fourth-order valence-corrected chi connectivity index (χ4v) is 4.63. The first-order valence-electron chi connectivity index (χ1n) is 7.00. The van der Waals surface area contributed by atoms with Gasteiger partial charge in [-0.25, -0.2) is 0 Å². The number of carbonyl (C=O) groups is 1. The van der Waals surface area contributed by atoms with Gasteiger partial charge in [0.2, 0.25) is 0 Å². The molecule has 1 atom stereocenters. The van der Waals surface area contributed by atoms with Crippen molar-refractivity contribution in [3.05, 3.63) is 0 Å². The summed E-state index contributed by atoms with van der Waals surface area (Å²) in [6.07, 6.45) is 3.16. The van der Waals surface area contributed by atoms with Gasteiger partial charge in [-0.05, 0) is 32.1 Å². The van der Waals surface area contributed by atoms with E-state index in [-0.39, 0.29) is 12.6 Å². The summed E-state index contributed by atoms with van der Waals surface area (Å²) in [5, 5.41) is 9.22. The Balaban J connectivity index is 2.16. The number of hydrogen-bond donors (Lipinski definition) is 1. The van der Waals surface area contributed by atoms with E-state index >= 15 is 0 Å². The molecule has 2 rings (SSSR count). The van der Waals surface area contributed by atoms with E-state index in [9.17, 15) is 18.3 Å². The van der Waals surface area contributed by atoms with Crippen LogP contribution in [0, 0.1) is 0 Å². The predicted octanol–water partition coefficient (Wildman–Crippen LogP) is 0.281. The Kier molecular flexibility index (Phi) is 5.00. The quantitative estimate of drug-likeness (QED) is 0.806. The van der Waals surface area contributed by atoms with Crippen molar-refractivity contribution in [2.24, 2.45) is 0 Å². The third-order valence-electron chi connectivity index (χ3n) is 4.10. The molecule has 0 bridgehead atoms. The Labute approximate surface area is 119 Å². The van der Waals surface area contributed by atoms with E-state index in [0.717, 1.165) is 10.7 Å². The minimum atomic E-state index is -3.73. The number of piperidine rings is 1. The zero-order chi connectivity index (χ0) is 14.8. The first-order valence-corrected chi connectivity index (χ1v) is 8.39. The van der Waals surface area contributed by atoms with Crippen LogP contribution in [0.5, 0.6) is 0 Å². The number of carboxylic acids is 1. The van der Waals surface area contributed by atoms with Gasteiger partial charge in [0.25, 0.3) is 10.2 Å². The van der Waals surface area contributed by atoms with Crippen molar-refractivity contribution in [2.75, 3.05) is 26.8 Å². The van der Waals surface area contributed by atoms with Crippen LogP contribution in [0.3, 0.4) is 0 Å². The zero-order valence-corrected chi connectivity index (χ0v) is 12.5. The normalized spacial score (nSPS) is 26.8. The molecule has 1 unspecified atom stereocenters. The molecule has 2 heterocycles. The molecule has 7 nitrogen and oxygen atoms in total. The Morgan fingerprint density at radius 1 is 1.25 bits per heavy atom. The second-order valence-electron chi connectivity index (χ2n) is 5.33. The molecule has 0 aliphatic carbocycles. The Hall–Kier alpha value is -0.700. The first kappa shape index (κ1) is 15.7. The summed E-state index contributed by atoms with van der Waals surface area (Å²) < 4.78 is 33.0. The van der Waals surface area contributed by atoms with Crippen molar-refractivity contribution in [2.45, 2.75) is 44.2 Å².